The highest BCUT2D eigenvalue weighted by Gasteiger charge is 2.24. The average Bonchev–Trinajstić information content (AvgIpc) is 2.40. The van der Waals surface area contributed by atoms with E-state index >= 15 is 0 Å². The highest BCUT2D eigenvalue weighted by Crippen LogP contribution is 2.15. The van der Waals surface area contributed by atoms with Crippen LogP contribution in [0.2, 0.25) is 0 Å². The van der Waals surface area contributed by atoms with Crippen molar-refractivity contribution in [3.63, 3.8) is 0 Å². The molecule has 0 aromatic rings. The van der Waals surface area contributed by atoms with E-state index in [0.29, 0.717) is 5.69 Å². The second kappa shape index (κ2) is 5.72. The molecule has 21 heavy (non-hydrogen) atoms. The Labute approximate surface area is 118 Å². The lowest BCUT2D eigenvalue weighted by atomic mass is 10.1. The molecule has 0 saturated carbocycles. The van der Waals surface area contributed by atoms with Crippen LogP contribution in [0.25, 0.3) is 11.5 Å². The Morgan fingerprint density at radius 2 is 2.00 bits per heavy atom. The number of aliphatic hydroxyl groups is 3. The monoisotopic (exact) mass is 296 g/mol. The second-order valence-electron chi connectivity index (χ2n) is 4.85. The van der Waals surface area contributed by atoms with Gasteiger partial charge >= 0.3 is 5.69 Å². The molecule has 114 valence electrons. The van der Waals surface area contributed by atoms with Gasteiger partial charge in [-0.3, -0.25) is 9.78 Å². The molecule has 2 rings (SSSR count). The summed E-state index contributed by atoms with van der Waals surface area (Å²) in [6.45, 7) is 2.85. The fourth-order valence-electron chi connectivity index (χ4n) is 1.98. The Bertz CT molecular complexity index is 723. The highest BCUT2D eigenvalue weighted by molar-refractivity contribution is 5.49. The molecule has 0 spiro atoms. The molecule has 2 heterocycles. The summed E-state index contributed by atoms with van der Waals surface area (Å²) in [7, 11) is 0. The smallest absolute Gasteiger partial charge is 0.349 e. The number of hydrogen-bond donors (Lipinski definition) is 4. The number of rotatable bonds is 4. The van der Waals surface area contributed by atoms with Crippen LogP contribution in [0.1, 0.15) is 12.6 Å². The summed E-state index contributed by atoms with van der Waals surface area (Å²) in [5, 5.41) is 28.9. The lowest BCUT2D eigenvalue weighted by Crippen LogP contribution is -2.39. The predicted molar refractivity (Wildman–Crippen MR) is 72.0 cm³/mol. The van der Waals surface area contributed by atoms with Crippen molar-refractivity contribution in [2.75, 3.05) is 0 Å². The largest absolute Gasteiger partial charge is 0.391 e. The number of nitrogens with zero attached hydrogens (tertiary/aromatic N) is 3. The van der Waals surface area contributed by atoms with Crippen molar-refractivity contribution < 1.29 is 15.3 Å². The van der Waals surface area contributed by atoms with Gasteiger partial charge in [-0.25, -0.2) is 9.78 Å². The molecular formula is C12H16N4O5. The quantitative estimate of drug-likeness (QED) is 0.503. The topological polar surface area (TPSA) is 141 Å². The van der Waals surface area contributed by atoms with E-state index in [9.17, 15) is 24.9 Å². The van der Waals surface area contributed by atoms with E-state index in [4.69, 9.17) is 0 Å². The van der Waals surface area contributed by atoms with Crippen LogP contribution in [0.5, 0.6) is 0 Å². The standard InChI is InChI=1S/C12H16N4O5/c1-5-3-13-8-10(14-12(21)15-11(8)20)16(5)4-7(18)9(19)6(2)17/h3,6-7,9,17-19H,4H2,1-2H3,(H,15,20,21)/t6-,7+,9-/m1/s1. The Morgan fingerprint density at radius 1 is 1.33 bits per heavy atom. The lowest BCUT2D eigenvalue weighted by Gasteiger charge is -2.23. The van der Waals surface area contributed by atoms with Crippen LogP contribution in [-0.4, -0.2) is 53.2 Å². The van der Waals surface area contributed by atoms with E-state index in [1.54, 1.807) is 6.92 Å². The zero-order valence-electron chi connectivity index (χ0n) is 11.5. The highest BCUT2D eigenvalue weighted by atomic mass is 16.4. The molecule has 0 amide bonds. The van der Waals surface area contributed by atoms with E-state index in [1.807, 2.05) is 4.98 Å². The SMILES string of the molecule is Cc1cnc2c(=O)[nH]c(=O)nc-2n1C[C@H](O)[C@H](O)[C@@H](C)O. The van der Waals surface area contributed by atoms with Crippen molar-refractivity contribution in [2.24, 2.45) is 0 Å². The van der Waals surface area contributed by atoms with E-state index < -0.39 is 29.6 Å². The van der Waals surface area contributed by atoms with Gasteiger partial charge in [-0.2, -0.15) is 4.98 Å². The van der Waals surface area contributed by atoms with Gasteiger partial charge < -0.3 is 19.9 Å². The van der Waals surface area contributed by atoms with Gasteiger partial charge in [-0.05, 0) is 13.8 Å². The van der Waals surface area contributed by atoms with Crippen LogP contribution in [-0.2, 0) is 6.54 Å². The Morgan fingerprint density at radius 3 is 2.62 bits per heavy atom. The third kappa shape index (κ3) is 2.99. The molecule has 0 fully saturated rings. The maximum Gasteiger partial charge on any atom is 0.349 e. The van der Waals surface area contributed by atoms with E-state index in [1.165, 1.54) is 17.7 Å². The van der Waals surface area contributed by atoms with Gasteiger partial charge in [0, 0.05) is 11.9 Å². The lowest BCUT2D eigenvalue weighted by molar-refractivity contribution is -0.0575. The number of aromatic amines is 1. The van der Waals surface area contributed by atoms with Crippen LogP contribution in [0, 0.1) is 6.92 Å². The van der Waals surface area contributed by atoms with Gasteiger partial charge in [0.1, 0.15) is 12.2 Å². The van der Waals surface area contributed by atoms with Crippen molar-refractivity contribution in [3.8, 4) is 11.5 Å². The Balaban J connectivity index is 2.51. The minimum Gasteiger partial charge on any atom is -0.391 e. The first-order valence-corrected chi connectivity index (χ1v) is 6.32. The molecule has 0 radical (unpaired) electrons. The van der Waals surface area contributed by atoms with Crippen molar-refractivity contribution in [1.82, 2.24) is 19.5 Å². The maximum atomic E-state index is 11.7. The second-order valence-corrected chi connectivity index (χ2v) is 4.85. The molecule has 0 saturated heterocycles. The maximum absolute atomic E-state index is 11.7. The zero-order valence-corrected chi connectivity index (χ0v) is 11.5. The third-order valence-corrected chi connectivity index (χ3v) is 3.17. The van der Waals surface area contributed by atoms with Gasteiger partial charge in [-0.15, -0.1) is 0 Å². The molecule has 2 aliphatic rings. The van der Waals surface area contributed by atoms with Crippen LogP contribution < -0.4 is 11.2 Å². The van der Waals surface area contributed by atoms with Crippen molar-refractivity contribution >= 4 is 0 Å². The van der Waals surface area contributed by atoms with Crippen molar-refractivity contribution in [2.45, 2.75) is 38.7 Å². The van der Waals surface area contributed by atoms with Gasteiger partial charge in [0.2, 0.25) is 0 Å². The molecule has 0 aromatic heterocycles. The number of aliphatic hydroxyl groups excluding tert-OH is 3. The number of aromatic nitrogens is 4. The summed E-state index contributed by atoms with van der Waals surface area (Å²) in [4.78, 5) is 32.6. The molecule has 0 aliphatic carbocycles. The average molecular weight is 296 g/mol. The van der Waals surface area contributed by atoms with E-state index in [0.717, 1.165) is 0 Å². The van der Waals surface area contributed by atoms with Crippen molar-refractivity contribution in [3.05, 3.63) is 32.7 Å². The summed E-state index contributed by atoms with van der Waals surface area (Å²) in [6.07, 6.45) is -2.39. The predicted octanol–water partition coefficient (Wildman–Crippen LogP) is -2.16. The van der Waals surface area contributed by atoms with Gasteiger partial charge in [0.05, 0.1) is 12.6 Å². The van der Waals surface area contributed by atoms with Crippen molar-refractivity contribution in [1.29, 1.82) is 0 Å². The van der Waals surface area contributed by atoms with E-state index in [2.05, 4.69) is 9.97 Å². The zero-order chi connectivity index (χ0) is 15.7. The first-order chi connectivity index (χ1) is 9.81. The summed E-state index contributed by atoms with van der Waals surface area (Å²) in [5.74, 6) is 0.0144. The van der Waals surface area contributed by atoms with Gasteiger partial charge in [-0.1, -0.05) is 0 Å². The van der Waals surface area contributed by atoms with Crippen LogP contribution in [0.4, 0.5) is 0 Å². The molecule has 9 heteroatoms. The summed E-state index contributed by atoms with van der Waals surface area (Å²) < 4.78 is 1.40. The summed E-state index contributed by atoms with van der Waals surface area (Å²) >= 11 is 0. The number of H-pyrrole nitrogens is 1. The molecule has 0 aromatic carbocycles. The van der Waals surface area contributed by atoms with Crippen LogP contribution >= 0.6 is 0 Å². The molecule has 4 N–H and O–H groups in total. The summed E-state index contributed by atoms with van der Waals surface area (Å²) in [6, 6.07) is 0. The molecule has 2 aliphatic heterocycles. The number of aryl methyl sites for hydroxylation is 1. The number of nitrogens with one attached hydrogen (secondary N) is 1. The molecule has 3 atom stereocenters. The normalized spacial score (nSPS) is 15.9. The Hall–Kier alpha value is -2.10. The molecule has 9 nitrogen and oxygen atoms in total. The minimum atomic E-state index is -1.37. The molecular weight excluding hydrogens is 280 g/mol. The van der Waals surface area contributed by atoms with E-state index in [-0.39, 0.29) is 18.1 Å². The molecule has 0 bridgehead atoms. The Kier molecular flexibility index (Phi) is 4.16. The number of fused-ring (bicyclic) bond motifs is 1. The first kappa shape index (κ1) is 15.3. The van der Waals surface area contributed by atoms with Gasteiger partial charge in [0.25, 0.3) is 5.56 Å². The summed E-state index contributed by atoms with van der Waals surface area (Å²) in [5.41, 5.74) is -1.00. The van der Waals surface area contributed by atoms with Gasteiger partial charge in [0.15, 0.2) is 11.5 Å². The van der Waals surface area contributed by atoms with Crippen LogP contribution in [0.3, 0.4) is 0 Å². The third-order valence-electron chi connectivity index (χ3n) is 3.17. The first-order valence-electron chi connectivity index (χ1n) is 6.32. The van der Waals surface area contributed by atoms with Crippen LogP contribution in [0.15, 0.2) is 15.8 Å². The fraction of sp³-hybridized carbons (Fsp3) is 0.500. The number of hydrogen-bond acceptors (Lipinski definition) is 7. The molecule has 0 unspecified atom stereocenters. The minimum absolute atomic E-state index is 0.0144. The fourth-order valence-corrected chi connectivity index (χ4v) is 1.98.